The molecule has 2 N–H and O–H groups in total. The van der Waals surface area contributed by atoms with Gasteiger partial charge in [-0.3, -0.25) is 3.97 Å². The average molecular weight is 301 g/mol. The highest BCUT2D eigenvalue weighted by atomic mass is 32.2. The van der Waals surface area contributed by atoms with Crippen molar-refractivity contribution in [1.82, 2.24) is 3.97 Å². The van der Waals surface area contributed by atoms with Crippen LogP contribution in [0.2, 0.25) is 0 Å². The number of phenolic OH excluding ortho intramolecular Hbond substituents is 1. The molecule has 3 aromatic rings. The van der Waals surface area contributed by atoms with Crippen molar-refractivity contribution < 1.29 is 14.4 Å². The van der Waals surface area contributed by atoms with Crippen molar-refractivity contribution in [3.05, 3.63) is 59.8 Å². The predicted octanol–water partition coefficient (Wildman–Crippen LogP) is 2.72. The van der Waals surface area contributed by atoms with Gasteiger partial charge in [-0.05, 0) is 37.3 Å². The molecule has 0 bridgehead atoms. The monoisotopic (exact) mass is 301 g/mol. The van der Waals surface area contributed by atoms with Crippen LogP contribution in [0.15, 0.2) is 53.6 Å². The first-order chi connectivity index (χ1) is 10.1. The molecule has 1 unspecified atom stereocenters. The number of nitrogens with zero attached hydrogens (tertiary/aromatic N) is 1. The zero-order valence-electron chi connectivity index (χ0n) is 11.5. The van der Waals surface area contributed by atoms with Crippen LogP contribution in [0.3, 0.4) is 0 Å². The number of aromatic nitrogens is 1. The number of fused-ring (bicyclic) bond motifs is 1. The van der Waals surface area contributed by atoms with Crippen LogP contribution in [-0.2, 0) is 17.6 Å². The molecule has 0 aliphatic heterocycles. The highest BCUT2D eigenvalue weighted by molar-refractivity contribution is 7.83. The second kappa shape index (κ2) is 5.35. The number of phenols is 1. The quantitative estimate of drug-likeness (QED) is 0.782. The highest BCUT2D eigenvalue weighted by Gasteiger charge is 2.14. The van der Waals surface area contributed by atoms with Gasteiger partial charge in [0.25, 0.3) is 0 Å². The Labute approximate surface area is 124 Å². The van der Waals surface area contributed by atoms with Crippen molar-refractivity contribution in [2.45, 2.75) is 18.4 Å². The molecule has 1 aromatic heterocycles. The van der Waals surface area contributed by atoms with E-state index in [2.05, 4.69) is 0 Å². The van der Waals surface area contributed by atoms with Crippen LogP contribution in [-0.4, -0.2) is 18.4 Å². The Balaban J connectivity index is 2.16. The number of aliphatic hydroxyl groups is 1. The van der Waals surface area contributed by atoms with Gasteiger partial charge in [0.1, 0.15) is 5.75 Å². The number of aliphatic hydroxyl groups excluding tert-OH is 1. The fourth-order valence-corrected chi connectivity index (χ4v) is 3.44. The standard InChI is InChI=1S/C16H15NO3S/c1-11-2-5-14(6-3-11)21(20)17-9-12(10-18)15-8-13(19)4-7-16(15)17/h2-9,18-19H,10H2,1H3. The van der Waals surface area contributed by atoms with Crippen molar-refractivity contribution in [2.24, 2.45) is 0 Å². The Morgan fingerprint density at radius 1 is 1.14 bits per heavy atom. The topological polar surface area (TPSA) is 62.5 Å². The molecular formula is C16H15NO3S. The molecule has 21 heavy (non-hydrogen) atoms. The van der Waals surface area contributed by atoms with E-state index in [-0.39, 0.29) is 12.4 Å². The Kier molecular flexibility index (Phi) is 3.53. The Hall–Kier alpha value is -2.11. The van der Waals surface area contributed by atoms with Crippen molar-refractivity contribution in [2.75, 3.05) is 0 Å². The van der Waals surface area contributed by atoms with Gasteiger partial charge in [0, 0.05) is 17.1 Å². The molecule has 0 amide bonds. The summed E-state index contributed by atoms with van der Waals surface area (Å²) < 4.78 is 14.3. The Bertz CT molecular complexity index is 821. The van der Waals surface area contributed by atoms with E-state index in [4.69, 9.17) is 0 Å². The van der Waals surface area contributed by atoms with Crippen LogP contribution < -0.4 is 0 Å². The van der Waals surface area contributed by atoms with Gasteiger partial charge in [-0.25, -0.2) is 4.21 Å². The molecule has 0 radical (unpaired) electrons. The number of rotatable bonds is 3. The Morgan fingerprint density at radius 2 is 1.86 bits per heavy atom. The molecule has 5 heteroatoms. The SMILES string of the molecule is Cc1ccc(S(=O)n2cc(CO)c3cc(O)ccc32)cc1. The maximum Gasteiger partial charge on any atom is 0.157 e. The van der Waals surface area contributed by atoms with E-state index in [1.54, 1.807) is 28.4 Å². The van der Waals surface area contributed by atoms with Crippen molar-refractivity contribution in [1.29, 1.82) is 0 Å². The molecule has 108 valence electrons. The molecule has 3 rings (SSSR count). The van der Waals surface area contributed by atoms with E-state index in [9.17, 15) is 14.4 Å². The van der Waals surface area contributed by atoms with Gasteiger partial charge in [0.2, 0.25) is 0 Å². The van der Waals surface area contributed by atoms with Crippen molar-refractivity contribution in [3.63, 3.8) is 0 Å². The summed E-state index contributed by atoms with van der Waals surface area (Å²) in [7, 11) is -1.39. The molecule has 4 nitrogen and oxygen atoms in total. The van der Waals surface area contributed by atoms with E-state index in [1.165, 1.54) is 0 Å². The average Bonchev–Trinajstić information content (AvgIpc) is 2.85. The summed E-state index contributed by atoms with van der Waals surface area (Å²) in [5.41, 5.74) is 2.46. The van der Waals surface area contributed by atoms with E-state index in [0.717, 1.165) is 11.1 Å². The van der Waals surface area contributed by atoms with Crippen LogP contribution >= 0.6 is 0 Å². The number of hydrogen-bond donors (Lipinski definition) is 2. The van der Waals surface area contributed by atoms with Crippen LogP contribution in [0.1, 0.15) is 11.1 Å². The second-order valence-electron chi connectivity index (χ2n) is 4.90. The lowest BCUT2D eigenvalue weighted by Gasteiger charge is -2.05. The summed E-state index contributed by atoms with van der Waals surface area (Å²) in [6, 6.07) is 12.3. The zero-order chi connectivity index (χ0) is 15.0. The summed E-state index contributed by atoms with van der Waals surface area (Å²) in [5, 5.41) is 19.7. The number of hydrogen-bond acceptors (Lipinski definition) is 3. The predicted molar refractivity (Wildman–Crippen MR) is 82.5 cm³/mol. The van der Waals surface area contributed by atoms with Gasteiger partial charge in [0.05, 0.1) is 17.0 Å². The first-order valence-corrected chi connectivity index (χ1v) is 7.63. The summed E-state index contributed by atoms with van der Waals surface area (Å²) in [5.74, 6) is 0.121. The van der Waals surface area contributed by atoms with E-state index >= 15 is 0 Å². The largest absolute Gasteiger partial charge is 0.508 e. The molecule has 0 fully saturated rings. The molecule has 1 heterocycles. The number of aryl methyl sites for hydroxylation is 1. The minimum atomic E-state index is -1.39. The van der Waals surface area contributed by atoms with Gasteiger partial charge >= 0.3 is 0 Å². The minimum absolute atomic E-state index is 0.121. The fourth-order valence-electron chi connectivity index (χ4n) is 2.29. The third kappa shape index (κ3) is 2.46. The maximum atomic E-state index is 12.7. The van der Waals surface area contributed by atoms with Crippen LogP contribution in [0.25, 0.3) is 10.9 Å². The second-order valence-corrected chi connectivity index (χ2v) is 6.27. The lowest BCUT2D eigenvalue weighted by Crippen LogP contribution is -2.03. The zero-order valence-corrected chi connectivity index (χ0v) is 12.3. The highest BCUT2D eigenvalue weighted by Crippen LogP contribution is 2.27. The van der Waals surface area contributed by atoms with Crippen molar-refractivity contribution >= 4 is 21.9 Å². The first kappa shape index (κ1) is 13.9. The normalized spacial score (nSPS) is 12.7. The maximum absolute atomic E-state index is 12.7. The van der Waals surface area contributed by atoms with Gasteiger partial charge < -0.3 is 10.2 Å². The van der Waals surface area contributed by atoms with E-state index < -0.39 is 11.0 Å². The van der Waals surface area contributed by atoms with Crippen LogP contribution in [0, 0.1) is 6.92 Å². The van der Waals surface area contributed by atoms with Gasteiger partial charge in [-0.1, -0.05) is 17.7 Å². The molecule has 0 spiro atoms. The fraction of sp³-hybridized carbons (Fsp3) is 0.125. The third-order valence-electron chi connectivity index (χ3n) is 3.41. The molecule has 0 aliphatic rings. The smallest absolute Gasteiger partial charge is 0.157 e. The van der Waals surface area contributed by atoms with E-state index in [1.807, 2.05) is 31.2 Å². The lowest BCUT2D eigenvalue weighted by molar-refractivity contribution is 0.283. The van der Waals surface area contributed by atoms with Gasteiger partial charge in [-0.15, -0.1) is 0 Å². The van der Waals surface area contributed by atoms with Crippen LogP contribution in [0.5, 0.6) is 5.75 Å². The molecule has 2 aromatic carbocycles. The number of aromatic hydroxyl groups is 1. The van der Waals surface area contributed by atoms with Crippen molar-refractivity contribution in [3.8, 4) is 5.75 Å². The molecule has 0 aliphatic carbocycles. The molecular weight excluding hydrogens is 286 g/mol. The summed E-state index contributed by atoms with van der Waals surface area (Å²) in [4.78, 5) is 0.690. The summed E-state index contributed by atoms with van der Waals surface area (Å²) >= 11 is 0. The number of benzene rings is 2. The summed E-state index contributed by atoms with van der Waals surface area (Å²) in [6.45, 7) is 1.81. The first-order valence-electron chi connectivity index (χ1n) is 6.53. The Morgan fingerprint density at radius 3 is 2.52 bits per heavy atom. The third-order valence-corrected chi connectivity index (χ3v) is 4.74. The molecule has 0 saturated carbocycles. The minimum Gasteiger partial charge on any atom is -0.508 e. The van der Waals surface area contributed by atoms with E-state index in [0.29, 0.717) is 15.8 Å². The summed E-state index contributed by atoms with van der Waals surface area (Å²) in [6.07, 6.45) is 1.67. The van der Waals surface area contributed by atoms with Gasteiger partial charge in [0.15, 0.2) is 11.0 Å². The van der Waals surface area contributed by atoms with Crippen LogP contribution in [0.4, 0.5) is 0 Å². The van der Waals surface area contributed by atoms with Gasteiger partial charge in [-0.2, -0.15) is 0 Å². The lowest BCUT2D eigenvalue weighted by atomic mass is 10.2. The molecule has 0 saturated heterocycles. The molecule has 1 atom stereocenters.